The van der Waals surface area contributed by atoms with Crippen LogP contribution in [0.5, 0.6) is 0 Å². The zero-order valence-electron chi connectivity index (χ0n) is 6.87. The molecule has 0 aromatic carbocycles. The van der Waals surface area contributed by atoms with E-state index in [9.17, 15) is 9.59 Å². The average Bonchev–Trinajstić information content (AvgIpc) is 2.71. The van der Waals surface area contributed by atoms with Gasteiger partial charge in [-0.3, -0.25) is 19.2 Å². The van der Waals surface area contributed by atoms with Gasteiger partial charge in [-0.1, -0.05) is 0 Å². The maximum absolute atomic E-state index is 11.7. The van der Waals surface area contributed by atoms with Crippen molar-refractivity contribution in [3.63, 3.8) is 0 Å². The Hall–Kier alpha value is -2.31. The number of rotatable bonds is 0. The number of H-pyrrole nitrogens is 3. The van der Waals surface area contributed by atoms with Crippen LogP contribution in [0, 0.1) is 0 Å². The molecule has 70 valence electrons. The molecule has 0 aliphatic heterocycles. The summed E-state index contributed by atoms with van der Waals surface area (Å²) in [6.45, 7) is 0. The number of aromatic nitrogens is 5. The lowest BCUT2D eigenvalue weighted by Gasteiger charge is -1.92. The molecule has 0 aliphatic carbocycles. The molecule has 0 unspecified atom stereocenters. The summed E-state index contributed by atoms with van der Waals surface area (Å²) in [5, 5.41) is 0. The molecule has 0 bridgehead atoms. The standard InChI is InChI=1S/C7H5N5O2/c13-5-3-4(11-7(14)9-3)10-6-8-1-2-12(5)6/h1-2H,(H,8,10)(H2,9,11,14). The highest BCUT2D eigenvalue weighted by Crippen LogP contribution is 1.99. The Balaban J connectivity index is 2.75. The van der Waals surface area contributed by atoms with Crippen LogP contribution in [0.1, 0.15) is 0 Å². The molecule has 7 heteroatoms. The third-order valence-corrected chi connectivity index (χ3v) is 2.04. The first-order chi connectivity index (χ1) is 6.75. The fourth-order valence-corrected chi connectivity index (χ4v) is 1.43. The van der Waals surface area contributed by atoms with E-state index in [1.54, 1.807) is 0 Å². The molecule has 3 heterocycles. The van der Waals surface area contributed by atoms with E-state index in [0.717, 1.165) is 0 Å². The molecule has 14 heavy (non-hydrogen) atoms. The minimum absolute atomic E-state index is 0.223. The van der Waals surface area contributed by atoms with Crippen LogP contribution in [0.15, 0.2) is 22.0 Å². The second-order valence-electron chi connectivity index (χ2n) is 2.88. The summed E-state index contributed by atoms with van der Waals surface area (Å²) in [6.07, 6.45) is 3.03. The summed E-state index contributed by atoms with van der Waals surface area (Å²) in [6, 6.07) is 0. The van der Waals surface area contributed by atoms with Gasteiger partial charge in [-0.25, -0.2) is 9.78 Å². The molecule has 0 aliphatic rings. The van der Waals surface area contributed by atoms with Gasteiger partial charge in [0.05, 0.1) is 0 Å². The van der Waals surface area contributed by atoms with Gasteiger partial charge in [0.25, 0.3) is 5.56 Å². The third kappa shape index (κ3) is 0.729. The molecule has 0 fully saturated rings. The Morgan fingerprint density at radius 3 is 2.93 bits per heavy atom. The van der Waals surface area contributed by atoms with Crippen molar-refractivity contribution >= 4 is 16.9 Å². The first-order valence-corrected chi connectivity index (χ1v) is 3.93. The Morgan fingerprint density at radius 1 is 1.21 bits per heavy atom. The van der Waals surface area contributed by atoms with E-state index < -0.39 is 5.69 Å². The molecule has 3 aromatic heterocycles. The monoisotopic (exact) mass is 191 g/mol. The van der Waals surface area contributed by atoms with E-state index in [1.165, 1.54) is 16.8 Å². The van der Waals surface area contributed by atoms with Crippen molar-refractivity contribution in [2.75, 3.05) is 0 Å². The van der Waals surface area contributed by atoms with Crippen LogP contribution >= 0.6 is 0 Å². The molecule has 0 saturated carbocycles. The van der Waals surface area contributed by atoms with Gasteiger partial charge < -0.3 is 4.98 Å². The van der Waals surface area contributed by atoms with Crippen LogP contribution in [-0.4, -0.2) is 24.3 Å². The molecule has 0 spiro atoms. The number of aromatic amines is 3. The molecule has 0 amide bonds. The molecule has 7 nitrogen and oxygen atoms in total. The summed E-state index contributed by atoms with van der Waals surface area (Å²) in [5.74, 6) is 0.401. The third-order valence-electron chi connectivity index (χ3n) is 2.04. The predicted molar refractivity (Wildman–Crippen MR) is 48.3 cm³/mol. The second-order valence-corrected chi connectivity index (χ2v) is 2.88. The van der Waals surface area contributed by atoms with E-state index in [1.807, 2.05) is 0 Å². The van der Waals surface area contributed by atoms with Gasteiger partial charge in [0.1, 0.15) is 5.65 Å². The van der Waals surface area contributed by atoms with Gasteiger partial charge in [-0.05, 0) is 0 Å². The first-order valence-electron chi connectivity index (χ1n) is 3.93. The molecule has 0 atom stereocenters. The minimum Gasteiger partial charge on any atom is -0.309 e. The molecule has 3 aromatic rings. The van der Waals surface area contributed by atoms with Crippen molar-refractivity contribution in [3.8, 4) is 0 Å². The summed E-state index contributed by atoms with van der Waals surface area (Å²) < 4.78 is 1.33. The maximum Gasteiger partial charge on any atom is 0.325 e. The number of hydrogen-bond acceptors (Lipinski definition) is 3. The fourth-order valence-electron chi connectivity index (χ4n) is 1.43. The number of hydrogen-bond donors (Lipinski definition) is 3. The molecular weight excluding hydrogens is 186 g/mol. The molecule has 3 rings (SSSR count). The van der Waals surface area contributed by atoms with Crippen LogP contribution in [0.2, 0.25) is 0 Å². The highest BCUT2D eigenvalue weighted by molar-refractivity contribution is 5.70. The minimum atomic E-state index is -0.415. The van der Waals surface area contributed by atoms with Gasteiger partial charge in [-0.15, -0.1) is 0 Å². The summed E-state index contributed by atoms with van der Waals surface area (Å²) >= 11 is 0. The second kappa shape index (κ2) is 2.13. The lowest BCUT2D eigenvalue weighted by molar-refractivity contribution is 1.08. The SMILES string of the molecule is O=c1[nH]c2[nH]c3nccn3c(=O)c2[nH]1. The molecular formula is C7H5N5O2. The fraction of sp³-hybridized carbons (Fsp3) is 0. The number of imidazole rings is 2. The zero-order valence-corrected chi connectivity index (χ0v) is 6.87. The van der Waals surface area contributed by atoms with Gasteiger partial charge in [0, 0.05) is 12.4 Å². The maximum atomic E-state index is 11.7. The van der Waals surface area contributed by atoms with Crippen LogP contribution in [-0.2, 0) is 0 Å². The van der Waals surface area contributed by atoms with Crippen molar-refractivity contribution in [1.82, 2.24) is 24.3 Å². The van der Waals surface area contributed by atoms with Crippen molar-refractivity contribution in [2.24, 2.45) is 0 Å². The quantitative estimate of drug-likeness (QED) is 0.433. The van der Waals surface area contributed by atoms with E-state index in [-0.39, 0.29) is 11.1 Å². The Bertz CT molecular complexity index is 728. The summed E-state index contributed by atoms with van der Waals surface area (Å²) in [5.41, 5.74) is -0.134. The Morgan fingerprint density at radius 2 is 2.07 bits per heavy atom. The Labute approximate surface area is 75.4 Å². The number of nitrogens with one attached hydrogen (secondary N) is 3. The van der Waals surface area contributed by atoms with Crippen LogP contribution in [0.4, 0.5) is 0 Å². The molecule has 3 N–H and O–H groups in total. The Kier molecular flexibility index (Phi) is 1.09. The molecule has 0 saturated heterocycles. The van der Waals surface area contributed by atoms with Gasteiger partial charge in [0.2, 0.25) is 5.78 Å². The van der Waals surface area contributed by atoms with E-state index in [2.05, 4.69) is 19.9 Å². The smallest absolute Gasteiger partial charge is 0.309 e. The number of fused-ring (bicyclic) bond motifs is 2. The van der Waals surface area contributed by atoms with Crippen molar-refractivity contribution in [1.29, 1.82) is 0 Å². The van der Waals surface area contributed by atoms with E-state index in [0.29, 0.717) is 11.4 Å². The van der Waals surface area contributed by atoms with Crippen LogP contribution < -0.4 is 11.2 Å². The topological polar surface area (TPSA) is 98.8 Å². The van der Waals surface area contributed by atoms with Crippen LogP contribution in [0.3, 0.4) is 0 Å². The summed E-state index contributed by atoms with van der Waals surface area (Å²) in [7, 11) is 0. The number of nitrogens with zero attached hydrogens (tertiary/aromatic N) is 2. The lowest BCUT2D eigenvalue weighted by atomic mass is 10.5. The van der Waals surface area contributed by atoms with Crippen molar-refractivity contribution in [3.05, 3.63) is 33.2 Å². The van der Waals surface area contributed by atoms with Crippen molar-refractivity contribution in [2.45, 2.75) is 0 Å². The van der Waals surface area contributed by atoms with Crippen molar-refractivity contribution < 1.29 is 0 Å². The summed E-state index contributed by atoms with van der Waals surface area (Å²) in [4.78, 5) is 34.2. The van der Waals surface area contributed by atoms with E-state index >= 15 is 0 Å². The van der Waals surface area contributed by atoms with Gasteiger partial charge in [-0.2, -0.15) is 0 Å². The average molecular weight is 191 g/mol. The largest absolute Gasteiger partial charge is 0.325 e. The normalized spacial score (nSPS) is 11.4. The highest BCUT2D eigenvalue weighted by Gasteiger charge is 2.07. The first kappa shape index (κ1) is 7.13. The lowest BCUT2D eigenvalue weighted by Crippen LogP contribution is -2.13. The van der Waals surface area contributed by atoms with Crippen LogP contribution in [0.25, 0.3) is 16.9 Å². The van der Waals surface area contributed by atoms with Gasteiger partial charge >= 0.3 is 5.69 Å². The zero-order chi connectivity index (χ0) is 9.71. The highest BCUT2D eigenvalue weighted by atomic mass is 16.1. The van der Waals surface area contributed by atoms with E-state index in [4.69, 9.17) is 0 Å². The predicted octanol–water partition coefficient (Wildman–Crippen LogP) is -0.808. The molecule has 0 radical (unpaired) electrons. The van der Waals surface area contributed by atoms with Gasteiger partial charge in [0.15, 0.2) is 5.52 Å².